The van der Waals surface area contributed by atoms with Gasteiger partial charge < -0.3 is 0 Å². The zero-order valence-corrected chi connectivity index (χ0v) is 12.7. The quantitative estimate of drug-likeness (QED) is 0.594. The second kappa shape index (κ2) is 10.2. The summed E-state index contributed by atoms with van der Waals surface area (Å²) in [5, 5.41) is 0. The fourth-order valence-corrected chi connectivity index (χ4v) is 1.51. The molecule has 1 aromatic rings. The third-order valence-corrected chi connectivity index (χ3v) is 2.96. The summed E-state index contributed by atoms with van der Waals surface area (Å²) < 4.78 is 36.9. The lowest BCUT2D eigenvalue weighted by atomic mass is 10.0. The SMILES string of the molecule is C.CC/C(C)=C(\C)C(=NC)C(F)(F)F.Cc1ccccc1. The summed E-state index contributed by atoms with van der Waals surface area (Å²) >= 11 is 0. The number of halogens is 3. The van der Waals surface area contributed by atoms with Gasteiger partial charge in [0, 0.05) is 7.05 Å². The lowest BCUT2D eigenvalue weighted by molar-refractivity contribution is -0.0583. The Labute approximate surface area is 126 Å². The van der Waals surface area contributed by atoms with Gasteiger partial charge in [-0.05, 0) is 32.8 Å². The molecule has 0 aliphatic carbocycles. The van der Waals surface area contributed by atoms with Crippen molar-refractivity contribution in [3.05, 3.63) is 47.0 Å². The Balaban J connectivity index is 0. The molecule has 0 atom stereocenters. The molecule has 0 aliphatic rings. The van der Waals surface area contributed by atoms with Crippen LogP contribution in [0.2, 0.25) is 0 Å². The van der Waals surface area contributed by atoms with Crippen LogP contribution in [0.1, 0.15) is 40.2 Å². The minimum absolute atomic E-state index is 0. The molecule has 120 valence electrons. The van der Waals surface area contributed by atoms with Gasteiger partial charge >= 0.3 is 6.18 Å². The van der Waals surface area contributed by atoms with Crippen LogP contribution in [0.15, 0.2) is 46.5 Å². The number of nitrogens with zero attached hydrogens (tertiary/aromatic N) is 1. The van der Waals surface area contributed by atoms with E-state index in [-0.39, 0.29) is 13.0 Å². The summed E-state index contributed by atoms with van der Waals surface area (Å²) in [4.78, 5) is 3.26. The van der Waals surface area contributed by atoms with E-state index in [9.17, 15) is 13.2 Å². The van der Waals surface area contributed by atoms with Gasteiger partial charge in [0.05, 0.1) is 0 Å². The lowest BCUT2D eigenvalue weighted by Crippen LogP contribution is -2.24. The summed E-state index contributed by atoms with van der Waals surface area (Å²) in [6.07, 6.45) is -3.73. The summed E-state index contributed by atoms with van der Waals surface area (Å²) in [7, 11) is 1.16. The molecule has 4 heteroatoms. The topological polar surface area (TPSA) is 12.4 Å². The predicted octanol–water partition coefficient (Wildman–Crippen LogP) is 6.00. The second-order valence-corrected chi connectivity index (χ2v) is 4.48. The fraction of sp³-hybridized carbons (Fsp3) is 0.471. The van der Waals surface area contributed by atoms with Crippen molar-refractivity contribution in [2.75, 3.05) is 7.05 Å². The molecule has 1 aromatic carbocycles. The normalized spacial score (nSPS) is 12.7. The Morgan fingerprint density at radius 3 is 1.81 bits per heavy atom. The lowest BCUT2D eigenvalue weighted by Gasteiger charge is -2.12. The van der Waals surface area contributed by atoms with Crippen molar-refractivity contribution in [3.63, 3.8) is 0 Å². The molecule has 0 unspecified atom stereocenters. The Kier molecular flexibility index (Phi) is 10.5. The predicted molar refractivity (Wildman–Crippen MR) is 86.0 cm³/mol. The number of rotatable bonds is 2. The van der Waals surface area contributed by atoms with Crippen molar-refractivity contribution in [2.45, 2.75) is 47.7 Å². The maximum atomic E-state index is 12.3. The molecule has 0 bridgehead atoms. The van der Waals surface area contributed by atoms with Crippen LogP contribution in [0.3, 0.4) is 0 Å². The van der Waals surface area contributed by atoms with Crippen LogP contribution in [0.4, 0.5) is 13.2 Å². The zero-order chi connectivity index (χ0) is 15.8. The molecule has 21 heavy (non-hydrogen) atoms. The van der Waals surface area contributed by atoms with Crippen LogP contribution in [-0.2, 0) is 0 Å². The van der Waals surface area contributed by atoms with Crippen LogP contribution in [0.5, 0.6) is 0 Å². The van der Waals surface area contributed by atoms with Gasteiger partial charge in [-0.1, -0.05) is 55.8 Å². The number of aliphatic imine (C=N–C) groups is 1. The van der Waals surface area contributed by atoms with Crippen LogP contribution in [-0.4, -0.2) is 18.9 Å². The second-order valence-electron chi connectivity index (χ2n) is 4.48. The van der Waals surface area contributed by atoms with Crippen molar-refractivity contribution >= 4 is 5.71 Å². The van der Waals surface area contributed by atoms with E-state index in [0.717, 1.165) is 12.6 Å². The molecule has 0 aliphatic heterocycles. The molecule has 1 nitrogen and oxygen atoms in total. The maximum absolute atomic E-state index is 12.3. The Morgan fingerprint density at radius 2 is 1.57 bits per heavy atom. The first-order valence-corrected chi connectivity index (χ1v) is 6.46. The van der Waals surface area contributed by atoms with E-state index in [1.165, 1.54) is 12.5 Å². The maximum Gasteiger partial charge on any atom is 0.433 e. The summed E-state index contributed by atoms with van der Waals surface area (Å²) in [6.45, 7) is 7.05. The Bertz CT molecular complexity index is 457. The number of alkyl halides is 3. The van der Waals surface area contributed by atoms with Crippen molar-refractivity contribution in [2.24, 2.45) is 4.99 Å². The monoisotopic (exact) mass is 301 g/mol. The van der Waals surface area contributed by atoms with Gasteiger partial charge in [-0.3, -0.25) is 4.99 Å². The smallest absolute Gasteiger partial charge is 0.284 e. The van der Waals surface area contributed by atoms with Crippen molar-refractivity contribution in [1.82, 2.24) is 0 Å². The number of benzene rings is 1. The highest BCUT2D eigenvalue weighted by molar-refractivity contribution is 6.04. The van der Waals surface area contributed by atoms with Crippen molar-refractivity contribution in [3.8, 4) is 0 Å². The third-order valence-electron chi connectivity index (χ3n) is 2.96. The third kappa shape index (κ3) is 8.33. The first kappa shape index (κ1) is 21.7. The molecule has 0 fully saturated rings. The number of hydrogen-bond donors (Lipinski definition) is 0. The van der Waals surface area contributed by atoms with E-state index in [0.29, 0.717) is 6.42 Å². The first-order valence-electron chi connectivity index (χ1n) is 6.46. The zero-order valence-electron chi connectivity index (χ0n) is 12.7. The van der Waals surface area contributed by atoms with E-state index in [2.05, 4.69) is 24.0 Å². The summed E-state index contributed by atoms with van der Waals surface area (Å²) in [5.41, 5.74) is 1.50. The molecular formula is C17H26F3N. The first-order chi connectivity index (χ1) is 9.23. The van der Waals surface area contributed by atoms with Gasteiger partial charge in [-0.2, -0.15) is 13.2 Å². The van der Waals surface area contributed by atoms with Crippen LogP contribution >= 0.6 is 0 Å². The average Bonchev–Trinajstić information content (AvgIpc) is 2.38. The summed E-state index contributed by atoms with van der Waals surface area (Å²) in [5.74, 6) is 0. The standard InChI is InChI=1S/C9H14F3N.C7H8.CH4/c1-5-6(2)7(3)8(13-4)9(10,11)12;1-7-5-3-2-4-6-7;/h5H2,1-4H3;2-6H,1H3;1H4/b7-6+,13-8?;;. The highest BCUT2D eigenvalue weighted by atomic mass is 19.4. The van der Waals surface area contributed by atoms with Crippen molar-refractivity contribution in [1.29, 1.82) is 0 Å². The van der Waals surface area contributed by atoms with Gasteiger partial charge in [-0.15, -0.1) is 0 Å². The minimum Gasteiger partial charge on any atom is -0.284 e. The van der Waals surface area contributed by atoms with E-state index in [1.807, 2.05) is 25.1 Å². The molecule has 0 saturated heterocycles. The number of aryl methyl sites for hydroxylation is 1. The molecule has 0 spiro atoms. The van der Waals surface area contributed by atoms with Crippen LogP contribution < -0.4 is 0 Å². The molecule has 0 amide bonds. The molecule has 0 N–H and O–H groups in total. The van der Waals surface area contributed by atoms with Gasteiger partial charge in [0.15, 0.2) is 0 Å². The largest absolute Gasteiger partial charge is 0.433 e. The van der Waals surface area contributed by atoms with E-state index in [4.69, 9.17) is 0 Å². The fourth-order valence-electron chi connectivity index (χ4n) is 1.51. The number of allylic oxidation sites excluding steroid dienone is 2. The van der Waals surface area contributed by atoms with Gasteiger partial charge in [-0.25, -0.2) is 0 Å². The molecule has 0 aromatic heterocycles. The van der Waals surface area contributed by atoms with Crippen molar-refractivity contribution < 1.29 is 13.2 Å². The van der Waals surface area contributed by atoms with E-state index < -0.39 is 11.9 Å². The molecular weight excluding hydrogens is 275 g/mol. The van der Waals surface area contributed by atoms with Crippen LogP contribution in [0, 0.1) is 6.92 Å². The van der Waals surface area contributed by atoms with Gasteiger partial charge in [0.2, 0.25) is 0 Å². The summed E-state index contributed by atoms with van der Waals surface area (Å²) in [6, 6.07) is 10.3. The van der Waals surface area contributed by atoms with E-state index >= 15 is 0 Å². The van der Waals surface area contributed by atoms with Crippen LogP contribution in [0.25, 0.3) is 0 Å². The molecule has 0 saturated carbocycles. The number of hydrogen-bond acceptors (Lipinski definition) is 1. The molecule has 0 heterocycles. The molecule has 0 radical (unpaired) electrons. The van der Waals surface area contributed by atoms with E-state index in [1.54, 1.807) is 6.92 Å². The average molecular weight is 301 g/mol. The Hall–Kier alpha value is -1.58. The van der Waals surface area contributed by atoms with Gasteiger partial charge in [0.1, 0.15) is 5.71 Å². The van der Waals surface area contributed by atoms with Gasteiger partial charge in [0.25, 0.3) is 0 Å². The highest BCUT2D eigenvalue weighted by Crippen LogP contribution is 2.24. The highest BCUT2D eigenvalue weighted by Gasteiger charge is 2.36. The minimum atomic E-state index is -4.34. The Morgan fingerprint density at radius 1 is 1.10 bits per heavy atom. The molecule has 1 rings (SSSR count).